The van der Waals surface area contributed by atoms with Crippen LogP contribution in [0.2, 0.25) is 0 Å². The molecule has 0 saturated carbocycles. The second-order valence-corrected chi connectivity index (χ2v) is 7.74. The number of nitrogens with zero attached hydrogens (tertiary/aromatic N) is 1. The third-order valence-corrected chi connectivity index (χ3v) is 5.53. The fraction of sp³-hybridized carbons (Fsp3) is 0.632. The molecule has 2 rings (SSSR count). The molecule has 140 valence electrons. The van der Waals surface area contributed by atoms with Gasteiger partial charge in [-0.25, -0.2) is 0 Å². The lowest BCUT2D eigenvalue weighted by Crippen LogP contribution is -2.35. The molecule has 1 aromatic carbocycles. The van der Waals surface area contributed by atoms with Gasteiger partial charge in [0.05, 0.1) is 19.5 Å². The first kappa shape index (κ1) is 19.9. The Labute approximate surface area is 155 Å². The van der Waals surface area contributed by atoms with Crippen LogP contribution in [0, 0.1) is 0 Å². The number of carbonyl (C=O) groups excluding carboxylic acids is 1. The van der Waals surface area contributed by atoms with E-state index in [9.17, 15) is 4.79 Å². The van der Waals surface area contributed by atoms with Gasteiger partial charge < -0.3 is 19.7 Å². The van der Waals surface area contributed by atoms with Crippen LogP contribution in [0.25, 0.3) is 0 Å². The predicted molar refractivity (Wildman–Crippen MR) is 103 cm³/mol. The van der Waals surface area contributed by atoms with Crippen molar-refractivity contribution < 1.29 is 14.3 Å². The van der Waals surface area contributed by atoms with Crippen molar-refractivity contribution in [2.24, 2.45) is 0 Å². The lowest BCUT2D eigenvalue weighted by Gasteiger charge is -2.26. The number of piperidine rings is 1. The van der Waals surface area contributed by atoms with E-state index < -0.39 is 0 Å². The van der Waals surface area contributed by atoms with Crippen molar-refractivity contribution in [1.29, 1.82) is 0 Å². The molecule has 0 unspecified atom stereocenters. The highest BCUT2D eigenvalue weighted by Crippen LogP contribution is 2.33. The van der Waals surface area contributed by atoms with Crippen molar-refractivity contribution >= 4 is 17.7 Å². The van der Waals surface area contributed by atoms with E-state index in [1.807, 2.05) is 25.1 Å². The highest BCUT2D eigenvalue weighted by molar-refractivity contribution is 8.00. The molecular formula is C19H30N2O3S. The van der Waals surface area contributed by atoms with Gasteiger partial charge in [0, 0.05) is 11.4 Å². The Hall–Kier alpha value is -1.40. The normalized spacial score (nSPS) is 16.3. The molecule has 5 nitrogen and oxygen atoms in total. The number of ether oxygens (including phenoxy) is 2. The van der Waals surface area contributed by atoms with Gasteiger partial charge in [-0.1, -0.05) is 6.42 Å². The molecule has 0 spiro atoms. The summed E-state index contributed by atoms with van der Waals surface area (Å²) in [6.07, 6.45) is 4.99. The van der Waals surface area contributed by atoms with Gasteiger partial charge in [0.25, 0.3) is 0 Å². The highest BCUT2D eigenvalue weighted by atomic mass is 32.2. The highest BCUT2D eigenvalue weighted by Gasteiger charge is 2.16. The summed E-state index contributed by atoms with van der Waals surface area (Å²) in [4.78, 5) is 15.8. The fourth-order valence-electron chi connectivity index (χ4n) is 2.99. The average Bonchev–Trinajstić information content (AvgIpc) is 2.65. The van der Waals surface area contributed by atoms with E-state index in [1.54, 1.807) is 14.2 Å². The third kappa shape index (κ3) is 6.44. The van der Waals surface area contributed by atoms with Crippen molar-refractivity contribution in [3.05, 3.63) is 18.2 Å². The number of thioether (sulfide) groups is 1. The van der Waals surface area contributed by atoms with Gasteiger partial charge in [-0.2, -0.15) is 0 Å². The van der Waals surface area contributed by atoms with Crippen LogP contribution in [0.1, 0.15) is 32.6 Å². The third-order valence-electron chi connectivity index (χ3n) is 4.44. The van der Waals surface area contributed by atoms with Gasteiger partial charge in [-0.05, 0) is 64.0 Å². The number of likely N-dealkylation sites (tertiary alicyclic amines) is 1. The molecule has 1 amide bonds. The van der Waals surface area contributed by atoms with Gasteiger partial charge >= 0.3 is 0 Å². The minimum Gasteiger partial charge on any atom is -0.493 e. The van der Waals surface area contributed by atoms with E-state index in [-0.39, 0.29) is 11.2 Å². The van der Waals surface area contributed by atoms with Crippen molar-refractivity contribution in [1.82, 2.24) is 10.2 Å². The van der Waals surface area contributed by atoms with Crippen LogP contribution in [-0.4, -0.2) is 56.5 Å². The molecule has 1 heterocycles. The zero-order chi connectivity index (χ0) is 18.1. The first-order valence-electron chi connectivity index (χ1n) is 9.02. The zero-order valence-electron chi connectivity index (χ0n) is 15.5. The second-order valence-electron chi connectivity index (χ2n) is 6.32. The van der Waals surface area contributed by atoms with E-state index in [0.717, 1.165) is 24.4 Å². The zero-order valence-corrected chi connectivity index (χ0v) is 16.4. The summed E-state index contributed by atoms with van der Waals surface area (Å²) in [5.41, 5.74) is 0. The molecule has 1 aliphatic rings. The molecule has 1 aliphatic heterocycles. The first-order valence-corrected chi connectivity index (χ1v) is 9.90. The maximum atomic E-state index is 12.3. The van der Waals surface area contributed by atoms with Gasteiger partial charge in [0.2, 0.25) is 5.91 Å². The van der Waals surface area contributed by atoms with E-state index >= 15 is 0 Å². The summed E-state index contributed by atoms with van der Waals surface area (Å²) < 4.78 is 10.6. The minimum atomic E-state index is -0.145. The predicted octanol–water partition coefficient (Wildman–Crippen LogP) is 3.18. The molecule has 6 heteroatoms. The summed E-state index contributed by atoms with van der Waals surface area (Å²) in [6.45, 7) is 6.17. The largest absolute Gasteiger partial charge is 0.493 e. The number of methoxy groups -OCH3 is 2. The number of hydrogen-bond donors (Lipinski definition) is 1. The molecular weight excluding hydrogens is 336 g/mol. The molecule has 0 aliphatic carbocycles. The molecule has 0 aromatic heterocycles. The Balaban J connectivity index is 1.72. The molecule has 1 saturated heterocycles. The molecule has 1 atom stereocenters. The van der Waals surface area contributed by atoms with Crippen LogP contribution in [0.4, 0.5) is 0 Å². The Bertz CT molecular complexity index is 547. The van der Waals surface area contributed by atoms with Gasteiger partial charge in [-0.3, -0.25) is 4.79 Å². The van der Waals surface area contributed by atoms with Gasteiger partial charge in [0.15, 0.2) is 11.5 Å². The van der Waals surface area contributed by atoms with Crippen molar-refractivity contribution in [2.75, 3.05) is 40.4 Å². The Morgan fingerprint density at radius 1 is 1.20 bits per heavy atom. The number of carbonyl (C=O) groups is 1. The van der Waals surface area contributed by atoms with Gasteiger partial charge in [0.1, 0.15) is 0 Å². The lowest BCUT2D eigenvalue weighted by atomic mass is 10.1. The van der Waals surface area contributed by atoms with Crippen LogP contribution in [0.15, 0.2) is 23.1 Å². The Kier molecular flexibility index (Phi) is 8.41. The standard InChI is InChI=1S/C19H30N2O3S/c1-15(25-16-8-9-17(23-2)18(14-16)24-3)19(22)20-10-7-13-21-11-5-4-6-12-21/h8-9,14-15H,4-7,10-13H2,1-3H3,(H,20,22)/t15-/m0/s1. The van der Waals surface area contributed by atoms with Crippen LogP contribution in [0.3, 0.4) is 0 Å². The summed E-state index contributed by atoms with van der Waals surface area (Å²) in [6, 6.07) is 5.72. The number of amides is 1. The van der Waals surface area contributed by atoms with E-state index in [4.69, 9.17) is 9.47 Å². The Morgan fingerprint density at radius 3 is 2.60 bits per heavy atom. The number of rotatable bonds is 9. The topological polar surface area (TPSA) is 50.8 Å². The second kappa shape index (κ2) is 10.6. The van der Waals surface area contributed by atoms with Crippen molar-refractivity contribution in [3.63, 3.8) is 0 Å². The fourth-order valence-corrected chi connectivity index (χ4v) is 3.91. The van der Waals surface area contributed by atoms with Crippen molar-refractivity contribution in [3.8, 4) is 11.5 Å². The van der Waals surface area contributed by atoms with Crippen LogP contribution in [0.5, 0.6) is 11.5 Å². The quantitative estimate of drug-likeness (QED) is 0.537. The van der Waals surface area contributed by atoms with E-state index in [1.165, 1.54) is 44.1 Å². The monoisotopic (exact) mass is 366 g/mol. The van der Waals surface area contributed by atoms with Crippen molar-refractivity contribution in [2.45, 2.75) is 42.8 Å². The van der Waals surface area contributed by atoms with Crippen LogP contribution in [-0.2, 0) is 4.79 Å². The van der Waals surface area contributed by atoms with E-state index in [2.05, 4.69) is 10.2 Å². The lowest BCUT2D eigenvalue weighted by molar-refractivity contribution is -0.120. The van der Waals surface area contributed by atoms with E-state index in [0.29, 0.717) is 11.5 Å². The molecule has 25 heavy (non-hydrogen) atoms. The molecule has 1 aromatic rings. The molecule has 1 N–H and O–H groups in total. The maximum absolute atomic E-state index is 12.3. The SMILES string of the molecule is COc1ccc(S[C@@H](C)C(=O)NCCCN2CCCCC2)cc1OC. The van der Waals surface area contributed by atoms with Gasteiger partial charge in [-0.15, -0.1) is 11.8 Å². The average molecular weight is 367 g/mol. The van der Waals surface area contributed by atoms with Crippen LogP contribution < -0.4 is 14.8 Å². The minimum absolute atomic E-state index is 0.0819. The number of benzene rings is 1. The number of nitrogens with one attached hydrogen (secondary N) is 1. The summed E-state index contributed by atoms with van der Waals surface area (Å²) in [7, 11) is 3.23. The first-order chi connectivity index (χ1) is 12.1. The molecule has 0 bridgehead atoms. The molecule has 1 fully saturated rings. The number of hydrogen-bond acceptors (Lipinski definition) is 5. The molecule has 0 radical (unpaired) electrons. The summed E-state index contributed by atoms with van der Waals surface area (Å²) in [5, 5.41) is 2.91. The summed E-state index contributed by atoms with van der Waals surface area (Å²) in [5.74, 6) is 1.46. The maximum Gasteiger partial charge on any atom is 0.233 e. The Morgan fingerprint density at radius 2 is 1.92 bits per heavy atom. The summed E-state index contributed by atoms with van der Waals surface area (Å²) >= 11 is 1.53. The smallest absolute Gasteiger partial charge is 0.233 e. The van der Waals surface area contributed by atoms with Crippen LogP contribution >= 0.6 is 11.8 Å².